The first-order valence-corrected chi connectivity index (χ1v) is 9.30. The second kappa shape index (κ2) is 5.96. The molecule has 0 unspecified atom stereocenters. The number of hydrogen-bond donors (Lipinski definition) is 4. The average Bonchev–Trinajstić information content (AvgIpc) is 3.25. The van der Waals surface area contributed by atoms with Crippen LogP contribution < -0.4 is 21.5 Å². The van der Waals surface area contributed by atoms with Gasteiger partial charge >= 0.3 is 0 Å². The van der Waals surface area contributed by atoms with Crippen LogP contribution in [0.25, 0.3) is 0 Å². The molecule has 0 heterocycles. The van der Waals surface area contributed by atoms with Crippen molar-refractivity contribution in [1.29, 1.82) is 0 Å². The van der Waals surface area contributed by atoms with Crippen LogP contribution in [0.2, 0.25) is 0 Å². The van der Waals surface area contributed by atoms with Crippen molar-refractivity contribution >= 4 is 34.7 Å². The lowest BCUT2D eigenvalue weighted by Gasteiger charge is -2.26. The zero-order valence-corrected chi connectivity index (χ0v) is 14.3. The predicted octanol–water partition coefficient (Wildman–Crippen LogP) is 1.98. The Kier molecular flexibility index (Phi) is 3.98. The van der Waals surface area contributed by atoms with E-state index in [1.807, 2.05) is 0 Å². The van der Waals surface area contributed by atoms with E-state index in [0.717, 1.165) is 17.8 Å². The molecule has 4 aliphatic rings. The summed E-state index contributed by atoms with van der Waals surface area (Å²) in [5, 5.41) is 8.15. The molecule has 3 saturated carbocycles. The first-order valence-electron chi connectivity index (χ1n) is 8.48. The molecular weight excluding hydrogens is 312 g/mol. The third-order valence-electron chi connectivity index (χ3n) is 5.94. The van der Waals surface area contributed by atoms with Gasteiger partial charge in [0, 0.05) is 12.1 Å². The van der Waals surface area contributed by atoms with E-state index in [2.05, 4.69) is 33.6 Å². The highest BCUT2D eigenvalue weighted by molar-refractivity contribution is 7.80. The van der Waals surface area contributed by atoms with E-state index in [9.17, 15) is 0 Å². The summed E-state index contributed by atoms with van der Waals surface area (Å²) >= 11 is 10.7. The molecule has 22 heavy (non-hydrogen) atoms. The Hall–Kier alpha value is -0.880. The number of thiocarbonyl (C=S) groups is 2. The Morgan fingerprint density at radius 2 is 1.59 bits per heavy atom. The number of fused-ring (bicyclic) bond motifs is 4. The summed E-state index contributed by atoms with van der Waals surface area (Å²) in [7, 11) is 0. The van der Waals surface area contributed by atoms with Gasteiger partial charge in [0.25, 0.3) is 0 Å². The van der Waals surface area contributed by atoms with Gasteiger partial charge in [0.1, 0.15) is 0 Å². The predicted molar refractivity (Wildman–Crippen MR) is 96.1 cm³/mol. The average molecular weight is 337 g/mol. The molecule has 6 atom stereocenters. The number of hydrazine groups is 1. The largest absolute Gasteiger partial charge is 0.358 e. The molecule has 4 bridgehead atoms. The van der Waals surface area contributed by atoms with Gasteiger partial charge in [-0.15, -0.1) is 0 Å². The van der Waals surface area contributed by atoms with Gasteiger partial charge in [-0.25, -0.2) is 0 Å². The molecule has 4 rings (SSSR count). The summed E-state index contributed by atoms with van der Waals surface area (Å²) in [6.45, 7) is 0. The van der Waals surface area contributed by atoms with Gasteiger partial charge in [0.2, 0.25) is 0 Å². The van der Waals surface area contributed by atoms with E-state index >= 15 is 0 Å². The Labute approximate surface area is 142 Å². The van der Waals surface area contributed by atoms with Gasteiger partial charge in [0.15, 0.2) is 10.2 Å². The minimum absolute atomic E-state index is 0.476. The molecule has 6 heteroatoms. The van der Waals surface area contributed by atoms with Gasteiger partial charge in [-0.05, 0) is 80.2 Å². The maximum Gasteiger partial charge on any atom is 0.185 e. The molecule has 4 N–H and O–H groups in total. The number of allylic oxidation sites excluding steroid dienone is 1. The van der Waals surface area contributed by atoms with E-state index in [1.165, 1.54) is 38.5 Å². The fourth-order valence-corrected chi connectivity index (χ4v) is 5.30. The molecule has 4 aliphatic carbocycles. The highest BCUT2D eigenvalue weighted by atomic mass is 32.1. The SMILES string of the molecule is S=C(NNC(=S)N[C@@H]1C[C@H]2C=C[C@H]1C2)N[C@@H]1C[C@H]2CC[C@H]1C2. The van der Waals surface area contributed by atoms with E-state index in [4.69, 9.17) is 24.4 Å². The Morgan fingerprint density at radius 1 is 0.818 bits per heavy atom. The van der Waals surface area contributed by atoms with Crippen molar-refractivity contribution in [2.24, 2.45) is 23.7 Å². The standard InChI is InChI=1S/C16H24N4S2/c21-15(17-13-7-9-1-3-11(13)5-9)19-20-16(22)18-14-8-10-2-4-12(14)6-10/h1,3,9-14H,2,4-8H2,(H2,17,19,21)(H2,18,20,22)/t9-,10-,11-,12-,13+,14+/m0/s1. The Morgan fingerprint density at radius 3 is 2.14 bits per heavy atom. The van der Waals surface area contributed by atoms with Gasteiger partial charge in [-0.3, -0.25) is 10.9 Å². The fourth-order valence-electron chi connectivity index (χ4n) is 4.89. The molecule has 0 spiro atoms. The van der Waals surface area contributed by atoms with Crippen molar-refractivity contribution in [1.82, 2.24) is 21.5 Å². The van der Waals surface area contributed by atoms with Crippen LogP contribution >= 0.6 is 24.4 Å². The van der Waals surface area contributed by atoms with Crippen molar-refractivity contribution in [3.05, 3.63) is 12.2 Å². The number of rotatable bonds is 2. The molecule has 4 nitrogen and oxygen atoms in total. The first-order chi connectivity index (χ1) is 10.7. The highest BCUT2D eigenvalue weighted by Crippen LogP contribution is 2.44. The molecule has 0 radical (unpaired) electrons. The number of nitrogens with one attached hydrogen (secondary N) is 4. The summed E-state index contributed by atoms with van der Waals surface area (Å²) in [4.78, 5) is 0. The molecule has 0 amide bonds. The van der Waals surface area contributed by atoms with E-state index in [-0.39, 0.29) is 0 Å². The van der Waals surface area contributed by atoms with Crippen molar-refractivity contribution in [2.45, 2.75) is 50.6 Å². The van der Waals surface area contributed by atoms with Crippen LogP contribution in [0.4, 0.5) is 0 Å². The summed E-state index contributed by atoms with van der Waals surface area (Å²) < 4.78 is 0. The first kappa shape index (κ1) is 14.7. The molecular formula is C16H24N4S2. The molecule has 0 aromatic rings. The molecule has 0 aromatic carbocycles. The lowest BCUT2D eigenvalue weighted by atomic mass is 9.96. The summed E-state index contributed by atoms with van der Waals surface area (Å²) in [5.41, 5.74) is 6.06. The van der Waals surface area contributed by atoms with Crippen LogP contribution in [-0.4, -0.2) is 22.3 Å². The Bertz CT molecular complexity index is 506. The van der Waals surface area contributed by atoms with Crippen LogP contribution in [-0.2, 0) is 0 Å². The number of hydrogen-bond acceptors (Lipinski definition) is 2. The smallest absolute Gasteiger partial charge is 0.185 e. The van der Waals surface area contributed by atoms with Crippen LogP contribution in [0.3, 0.4) is 0 Å². The maximum atomic E-state index is 5.38. The fraction of sp³-hybridized carbons (Fsp3) is 0.750. The summed E-state index contributed by atoms with van der Waals surface area (Å²) in [6.07, 6.45) is 12.5. The highest BCUT2D eigenvalue weighted by Gasteiger charge is 2.39. The molecule has 0 aliphatic heterocycles. The van der Waals surface area contributed by atoms with E-state index in [0.29, 0.717) is 28.2 Å². The van der Waals surface area contributed by atoms with Gasteiger partial charge in [-0.1, -0.05) is 18.6 Å². The topological polar surface area (TPSA) is 48.1 Å². The summed E-state index contributed by atoms with van der Waals surface area (Å²) in [6, 6.07) is 1.03. The molecule has 3 fully saturated rings. The monoisotopic (exact) mass is 336 g/mol. The van der Waals surface area contributed by atoms with Crippen molar-refractivity contribution < 1.29 is 0 Å². The van der Waals surface area contributed by atoms with Crippen LogP contribution in [0.5, 0.6) is 0 Å². The minimum atomic E-state index is 0.476. The third-order valence-corrected chi connectivity index (χ3v) is 6.38. The van der Waals surface area contributed by atoms with E-state index < -0.39 is 0 Å². The van der Waals surface area contributed by atoms with Crippen LogP contribution in [0.15, 0.2) is 12.2 Å². The zero-order chi connectivity index (χ0) is 15.1. The molecule has 0 saturated heterocycles. The van der Waals surface area contributed by atoms with Crippen molar-refractivity contribution in [2.75, 3.05) is 0 Å². The van der Waals surface area contributed by atoms with Gasteiger partial charge < -0.3 is 10.6 Å². The van der Waals surface area contributed by atoms with Crippen LogP contribution in [0.1, 0.15) is 38.5 Å². The summed E-state index contributed by atoms with van der Waals surface area (Å²) in [5.74, 6) is 3.13. The lowest BCUT2D eigenvalue weighted by molar-refractivity contribution is 0.388. The minimum Gasteiger partial charge on any atom is -0.358 e. The van der Waals surface area contributed by atoms with Crippen LogP contribution in [0, 0.1) is 23.7 Å². The van der Waals surface area contributed by atoms with Gasteiger partial charge in [-0.2, -0.15) is 0 Å². The van der Waals surface area contributed by atoms with E-state index in [1.54, 1.807) is 0 Å². The third kappa shape index (κ3) is 2.95. The lowest BCUT2D eigenvalue weighted by Crippen LogP contribution is -2.54. The maximum absolute atomic E-state index is 5.38. The van der Waals surface area contributed by atoms with Crippen molar-refractivity contribution in [3.63, 3.8) is 0 Å². The van der Waals surface area contributed by atoms with Gasteiger partial charge in [0.05, 0.1) is 0 Å². The second-order valence-electron chi connectivity index (χ2n) is 7.37. The quantitative estimate of drug-likeness (QED) is 0.351. The second-order valence-corrected chi connectivity index (χ2v) is 8.18. The molecule has 120 valence electrons. The molecule has 0 aromatic heterocycles. The van der Waals surface area contributed by atoms with Crippen molar-refractivity contribution in [3.8, 4) is 0 Å². The Balaban J connectivity index is 1.17. The normalized spacial score (nSPS) is 40.7. The zero-order valence-electron chi connectivity index (χ0n) is 12.7.